The summed E-state index contributed by atoms with van der Waals surface area (Å²) in [6.45, 7) is 1.57. The molecule has 1 aliphatic carbocycles. The molecule has 12 heteroatoms. The number of epoxide rings is 1. The third-order valence-corrected chi connectivity index (χ3v) is 6.94. The second-order valence-corrected chi connectivity index (χ2v) is 8.99. The standard InChI is InChI=1S/C25H14O12/c1-6-3-7-4-8-19(17(29)11(7)24(32)34-6)36-25(23-20(8)35-23)22(31)14-16(28)12-9(26)5-10(33-2)15(27)13(12)18(30)21(14)37-25/h3-5,20,23,28-30H,1-2H3/t20-,23?,25?/m1/s1. The van der Waals surface area contributed by atoms with Crippen LogP contribution in [0.5, 0.6) is 28.7 Å². The smallest absolute Gasteiger partial charge is 0.347 e. The minimum absolute atomic E-state index is 0.197. The van der Waals surface area contributed by atoms with Gasteiger partial charge in [0.2, 0.25) is 5.78 Å². The zero-order valence-electron chi connectivity index (χ0n) is 18.9. The van der Waals surface area contributed by atoms with Crippen molar-refractivity contribution in [2.45, 2.75) is 24.9 Å². The molecule has 1 saturated heterocycles. The number of hydrogen-bond donors (Lipinski definition) is 3. The van der Waals surface area contributed by atoms with Gasteiger partial charge in [0.05, 0.1) is 18.2 Å². The second kappa shape index (κ2) is 6.48. The number of aromatic hydroxyl groups is 3. The summed E-state index contributed by atoms with van der Waals surface area (Å²) in [7, 11) is 1.15. The number of aryl methyl sites for hydroxylation is 1. The van der Waals surface area contributed by atoms with Crippen molar-refractivity contribution >= 4 is 28.1 Å². The van der Waals surface area contributed by atoms with Crippen LogP contribution in [-0.2, 0) is 9.47 Å². The van der Waals surface area contributed by atoms with Gasteiger partial charge in [0.1, 0.15) is 28.6 Å². The molecule has 1 fully saturated rings. The summed E-state index contributed by atoms with van der Waals surface area (Å²) in [4.78, 5) is 51.6. The van der Waals surface area contributed by atoms with Crippen molar-refractivity contribution in [2.75, 3.05) is 7.11 Å². The monoisotopic (exact) mass is 506 g/mol. The fourth-order valence-electron chi connectivity index (χ4n) is 5.26. The zero-order chi connectivity index (χ0) is 26.1. The van der Waals surface area contributed by atoms with Crippen molar-refractivity contribution in [1.82, 2.24) is 0 Å². The molecule has 12 nitrogen and oxygen atoms in total. The van der Waals surface area contributed by atoms with Crippen LogP contribution < -0.4 is 15.1 Å². The van der Waals surface area contributed by atoms with E-state index in [1.165, 1.54) is 0 Å². The van der Waals surface area contributed by atoms with Gasteiger partial charge in [0.15, 0.2) is 40.6 Å². The normalized spacial score (nSPS) is 24.6. The predicted molar refractivity (Wildman–Crippen MR) is 118 cm³/mol. The Labute approximate surface area is 204 Å². The molecule has 0 bridgehead atoms. The number of benzene rings is 2. The summed E-state index contributed by atoms with van der Waals surface area (Å²) < 4.78 is 27.3. The number of hydrogen-bond acceptors (Lipinski definition) is 12. The Balaban J connectivity index is 1.42. The second-order valence-electron chi connectivity index (χ2n) is 8.99. The fraction of sp³-hybridized carbons (Fsp3) is 0.200. The molecule has 4 heterocycles. The Kier molecular flexibility index (Phi) is 3.75. The molecule has 0 saturated carbocycles. The Bertz CT molecular complexity index is 1780. The van der Waals surface area contributed by atoms with Crippen molar-refractivity contribution in [2.24, 2.45) is 0 Å². The number of methoxy groups -OCH3 is 1. The van der Waals surface area contributed by atoms with Gasteiger partial charge in [-0.15, -0.1) is 0 Å². The maximum atomic E-state index is 13.7. The molecule has 1 spiro atoms. The number of carbonyl (C=O) groups excluding carboxylic acids is 3. The Morgan fingerprint density at radius 2 is 1.65 bits per heavy atom. The van der Waals surface area contributed by atoms with Crippen LogP contribution in [0.25, 0.3) is 10.8 Å². The van der Waals surface area contributed by atoms with E-state index >= 15 is 0 Å². The number of phenols is 3. The molecule has 3 N–H and O–H groups in total. The minimum Gasteiger partial charge on any atom is -0.506 e. The fourth-order valence-corrected chi connectivity index (χ4v) is 5.26. The molecule has 186 valence electrons. The van der Waals surface area contributed by atoms with Gasteiger partial charge in [-0.2, -0.15) is 0 Å². The number of carbonyl (C=O) groups is 3. The van der Waals surface area contributed by atoms with Crippen LogP contribution in [0.3, 0.4) is 0 Å². The van der Waals surface area contributed by atoms with E-state index in [9.17, 15) is 34.5 Å². The van der Waals surface area contributed by atoms with Gasteiger partial charge in [-0.3, -0.25) is 14.4 Å². The van der Waals surface area contributed by atoms with Crippen LogP contribution in [0.2, 0.25) is 0 Å². The average molecular weight is 506 g/mol. The van der Waals surface area contributed by atoms with Gasteiger partial charge in [0, 0.05) is 11.6 Å². The van der Waals surface area contributed by atoms with Gasteiger partial charge < -0.3 is 38.7 Å². The first-order valence-corrected chi connectivity index (χ1v) is 10.9. The Morgan fingerprint density at radius 3 is 2.38 bits per heavy atom. The summed E-state index contributed by atoms with van der Waals surface area (Å²) in [5.41, 5.74) is -2.29. The first kappa shape index (κ1) is 21.4. The summed E-state index contributed by atoms with van der Waals surface area (Å²) in [6, 6.07) is 3.10. The number of fused-ring (bicyclic) bond motifs is 7. The summed E-state index contributed by atoms with van der Waals surface area (Å²) in [5.74, 6) is -8.49. The summed E-state index contributed by atoms with van der Waals surface area (Å²) >= 11 is 0. The minimum atomic E-state index is -2.33. The molecule has 3 aliphatic heterocycles. The lowest BCUT2D eigenvalue weighted by Gasteiger charge is -2.31. The van der Waals surface area contributed by atoms with Gasteiger partial charge in [-0.25, -0.2) is 4.79 Å². The highest BCUT2D eigenvalue weighted by molar-refractivity contribution is 6.28. The SMILES string of the molecule is COC1=CC(=O)c2c(O)c3c(c(O)c2C1=O)OC1(Oc2c(cc4cc(C)oc(=O)c4c2O)[C@H]2OC21)C3=O. The van der Waals surface area contributed by atoms with Crippen molar-refractivity contribution in [1.29, 1.82) is 0 Å². The topological polar surface area (TPSA) is 182 Å². The summed E-state index contributed by atoms with van der Waals surface area (Å²) in [5, 5.41) is 32.9. The number of Topliss-reactive ketones (excluding diaryl/α,β-unsaturated/α-hetero) is 2. The molecule has 7 rings (SSSR count). The molecule has 37 heavy (non-hydrogen) atoms. The van der Waals surface area contributed by atoms with E-state index in [0.29, 0.717) is 16.7 Å². The average Bonchev–Trinajstić information content (AvgIpc) is 3.60. The molecule has 0 amide bonds. The third-order valence-electron chi connectivity index (χ3n) is 6.94. The maximum absolute atomic E-state index is 13.7. The third kappa shape index (κ3) is 2.40. The van der Waals surface area contributed by atoms with E-state index in [2.05, 4.69) is 0 Å². The highest BCUT2D eigenvalue weighted by Gasteiger charge is 2.72. The van der Waals surface area contributed by atoms with E-state index in [1.54, 1.807) is 19.1 Å². The molecule has 2 unspecified atom stereocenters. The molecule has 0 radical (unpaired) electrons. The van der Waals surface area contributed by atoms with E-state index in [-0.39, 0.29) is 16.9 Å². The van der Waals surface area contributed by atoms with Crippen LogP contribution in [0.1, 0.15) is 48.5 Å². The van der Waals surface area contributed by atoms with E-state index in [1.807, 2.05) is 0 Å². The van der Waals surface area contributed by atoms with Crippen LogP contribution in [0.4, 0.5) is 0 Å². The molecule has 1 aromatic heterocycles. The summed E-state index contributed by atoms with van der Waals surface area (Å²) in [6.07, 6.45) is -1.06. The predicted octanol–water partition coefficient (Wildman–Crippen LogP) is 1.93. The number of rotatable bonds is 1. The highest BCUT2D eigenvalue weighted by atomic mass is 16.8. The molecular formula is C25H14O12. The largest absolute Gasteiger partial charge is 0.506 e. The van der Waals surface area contributed by atoms with Gasteiger partial charge in [-0.1, -0.05) is 0 Å². The van der Waals surface area contributed by atoms with Crippen LogP contribution in [-0.4, -0.2) is 51.7 Å². The first-order valence-electron chi connectivity index (χ1n) is 10.9. The lowest BCUT2D eigenvalue weighted by Crippen LogP contribution is -2.53. The van der Waals surface area contributed by atoms with Crippen molar-refractivity contribution < 1.29 is 53.1 Å². The van der Waals surface area contributed by atoms with Crippen LogP contribution in [0.15, 0.2) is 33.2 Å². The lowest BCUT2D eigenvalue weighted by molar-refractivity contribution is -0.0896. The van der Waals surface area contributed by atoms with E-state index < -0.39 is 80.7 Å². The number of phenolic OH excluding ortho intramolecular Hbond substituents is 3. The lowest BCUT2D eigenvalue weighted by atomic mass is 9.87. The van der Waals surface area contributed by atoms with Crippen molar-refractivity contribution in [3.8, 4) is 28.7 Å². The molecule has 2 aromatic carbocycles. The first-order chi connectivity index (χ1) is 17.6. The Hall–Kier alpha value is -4.84. The van der Waals surface area contributed by atoms with Gasteiger partial charge >= 0.3 is 11.4 Å². The van der Waals surface area contributed by atoms with Crippen molar-refractivity contribution in [3.63, 3.8) is 0 Å². The zero-order valence-corrected chi connectivity index (χ0v) is 18.9. The highest BCUT2D eigenvalue weighted by Crippen LogP contribution is 2.62. The van der Waals surface area contributed by atoms with Crippen LogP contribution >= 0.6 is 0 Å². The maximum Gasteiger partial charge on any atom is 0.347 e. The number of allylic oxidation sites excluding steroid dienone is 2. The van der Waals surface area contributed by atoms with E-state index in [0.717, 1.165) is 13.2 Å². The van der Waals surface area contributed by atoms with Crippen molar-refractivity contribution in [3.05, 3.63) is 62.4 Å². The molecule has 3 atom stereocenters. The van der Waals surface area contributed by atoms with E-state index in [4.69, 9.17) is 23.4 Å². The molecule has 3 aromatic rings. The molecular weight excluding hydrogens is 492 g/mol. The quantitative estimate of drug-likeness (QED) is 0.323. The Morgan fingerprint density at radius 1 is 0.919 bits per heavy atom. The van der Waals surface area contributed by atoms with Crippen LogP contribution in [0, 0.1) is 6.92 Å². The van der Waals surface area contributed by atoms with Gasteiger partial charge in [0.25, 0.3) is 5.78 Å². The molecule has 4 aliphatic rings. The number of ether oxygens (including phenoxy) is 4. The number of ketones is 3. The van der Waals surface area contributed by atoms with Gasteiger partial charge in [-0.05, 0) is 24.4 Å².